The molecule has 4 saturated carbocycles. The van der Waals surface area contributed by atoms with Gasteiger partial charge in [-0.05, 0) is 75.0 Å². The summed E-state index contributed by atoms with van der Waals surface area (Å²) < 4.78 is 0. The van der Waals surface area contributed by atoms with E-state index in [-0.39, 0.29) is 5.54 Å². The number of hydrogen-bond donors (Lipinski definition) is 1. The Bertz CT molecular complexity index is 412. The summed E-state index contributed by atoms with van der Waals surface area (Å²) in [6, 6.07) is 6.41. The Morgan fingerprint density at radius 1 is 1.06 bits per heavy atom. The molecule has 0 aliphatic heterocycles. The molecule has 96 valence electrons. The molecule has 2 heteroatoms. The molecule has 0 aromatic carbocycles. The monoisotopic (exact) mass is 242 g/mol. The summed E-state index contributed by atoms with van der Waals surface area (Å²) in [4.78, 5) is 4.71. The molecule has 4 aliphatic carbocycles. The zero-order chi connectivity index (χ0) is 12.2. The molecular weight excluding hydrogens is 220 g/mol. The van der Waals surface area contributed by atoms with Crippen LogP contribution in [0.1, 0.15) is 37.8 Å². The summed E-state index contributed by atoms with van der Waals surface area (Å²) >= 11 is 0. The Kier molecular flexibility index (Phi) is 2.32. The predicted octanol–water partition coefficient (Wildman–Crippen LogP) is 2.95. The summed E-state index contributed by atoms with van der Waals surface area (Å²) in [5.74, 6) is 3.65. The zero-order valence-corrected chi connectivity index (χ0v) is 11.1. The Morgan fingerprint density at radius 3 is 2.22 bits per heavy atom. The molecule has 2 nitrogen and oxygen atoms in total. The first-order valence-electron chi connectivity index (χ1n) is 7.43. The maximum absolute atomic E-state index is 4.71. The molecule has 1 aromatic heterocycles. The lowest BCUT2D eigenvalue weighted by Crippen LogP contribution is -2.62. The lowest BCUT2D eigenvalue weighted by molar-refractivity contribution is -0.0764. The van der Waals surface area contributed by atoms with Gasteiger partial charge in [-0.3, -0.25) is 4.98 Å². The minimum Gasteiger partial charge on any atom is -0.309 e. The molecule has 0 radical (unpaired) electrons. The van der Waals surface area contributed by atoms with Gasteiger partial charge in [0.25, 0.3) is 0 Å². The van der Waals surface area contributed by atoms with Crippen molar-refractivity contribution in [1.82, 2.24) is 10.3 Å². The van der Waals surface area contributed by atoms with Crippen molar-refractivity contribution >= 4 is 0 Å². The van der Waals surface area contributed by atoms with Crippen LogP contribution in [-0.2, 0) is 5.54 Å². The van der Waals surface area contributed by atoms with Crippen molar-refractivity contribution in [3.63, 3.8) is 0 Å². The first kappa shape index (κ1) is 11.0. The van der Waals surface area contributed by atoms with Crippen molar-refractivity contribution in [1.29, 1.82) is 0 Å². The van der Waals surface area contributed by atoms with Gasteiger partial charge in [-0.15, -0.1) is 0 Å². The minimum atomic E-state index is 0.175. The fourth-order valence-electron chi connectivity index (χ4n) is 5.49. The zero-order valence-electron chi connectivity index (χ0n) is 11.1. The highest BCUT2D eigenvalue weighted by molar-refractivity contribution is 5.24. The lowest BCUT2D eigenvalue weighted by Gasteiger charge is -2.61. The van der Waals surface area contributed by atoms with Crippen molar-refractivity contribution < 1.29 is 0 Å². The van der Waals surface area contributed by atoms with Gasteiger partial charge < -0.3 is 5.32 Å². The summed E-state index contributed by atoms with van der Waals surface area (Å²) in [7, 11) is 2.15. The molecule has 0 spiro atoms. The van der Waals surface area contributed by atoms with E-state index >= 15 is 0 Å². The molecule has 0 amide bonds. The Balaban J connectivity index is 1.81. The number of pyridine rings is 1. The predicted molar refractivity (Wildman–Crippen MR) is 72.0 cm³/mol. The Labute approximate surface area is 109 Å². The third kappa shape index (κ3) is 1.30. The summed E-state index contributed by atoms with van der Waals surface area (Å²) in [5.41, 5.74) is 1.47. The molecule has 0 saturated heterocycles. The molecule has 1 aromatic rings. The van der Waals surface area contributed by atoms with Gasteiger partial charge in [0.05, 0.1) is 11.2 Å². The van der Waals surface area contributed by atoms with Gasteiger partial charge in [-0.25, -0.2) is 0 Å². The maximum Gasteiger partial charge on any atom is 0.0663 e. The SMILES string of the molecule is CNC1(c2ccccn2)[C@H]2C[C@H]3C[C@H](C2)C[C@H]1C3. The van der Waals surface area contributed by atoms with Crippen LogP contribution in [0.4, 0.5) is 0 Å². The maximum atomic E-state index is 4.71. The standard InChI is InChI=1S/C16H22N2/c1-17-16(15-4-2-3-5-18-15)13-7-11-6-12(9-13)10-14(16)8-11/h2-5,11-14,17H,6-10H2,1H3/t11-,12-,13-,14+,16?. The molecule has 18 heavy (non-hydrogen) atoms. The van der Waals surface area contributed by atoms with Crippen LogP contribution < -0.4 is 5.32 Å². The van der Waals surface area contributed by atoms with Crippen LogP contribution >= 0.6 is 0 Å². The van der Waals surface area contributed by atoms with Crippen LogP contribution in [0.25, 0.3) is 0 Å². The first-order valence-corrected chi connectivity index (χ1v) is 7.43. The Hall–Kier alpha value is -0.890. The molecule has 0 atom stereocenters. The van der Waals surface area contributed by atoms with Gasteiger partial charge >= 0.3 is 0 Å². The van der Waals surface area contributed by atoms with Gasteiger partial charge in [0.2, 0.25) is 0 Å². The van der Waals surface area contributed by atoms with Gasteiger partial charge in [-0.2, -0.15) is 0 Å². The third-order valence-corrected chi connectivity index (χ3v) is 5.93. The molecular formula is C16H22N2. The van der Waals surface area contributed by atoms with Crippen molar-refractivity contribution in [3.8, 4) is 0 Å². The van der Waals surface area contributed by atoms with E-state index in [0.29, 0.717) is 0 Å². The fraction of sp³-hybridized carbons (Fsp3) is 0.688. The van der Waals surface area contributed by atoms with Crippen LogP contribution in [0, 0.1) is 23.7 Å². The van der Waals surface area contributed by atoms with Gasteiger partial charge in [0.15, 0.2) is 0 Å². The normalized spacial score (nSPS) is 45.4. The highest BCUT2D eigenvalue weighted by atomic mass is 15.0. The number of aromatic nitrogens is 1. The summed E-state index contributed by atoms with van der Waals surface area (Å²) in [6.45, 7) is 0. The second-order valence-corrected chi connectivity index (χ2v) is 6.64. The quantitative estimate of drug-likeness (QED) is 0.862. The van der Waals surface area contributed by atoms with E-state index in [1.54, 1.807) is 0 Å². The summed E-state index contributed by atoms with van der Waals surface area (Å²) in [6.07, 6.45) is 9.15. The minimum absolute atomic E-state index is 0.175. The van der Waals surface area contributed by atoms with Crippen LogP contribution in [0.3, 0.4) is 0 Å². The first-order chi connectivity index (χ1) is 8.83. The van der Waals surface area contributed by atoms with Crippen LogP contribution in [0.2, 0.25) is 0 Å². The van der Waals surface area contributed by atoms with E-state index in [2.05, 4.69) is 24.5 Å². The fourth-order valence-corrected chi connectivity index (χ4v) is 5.49. The van der Waals surface area contributed by atoms with E-state index in [1.807, 2.05) is 12.3 Å². The highest BCUT2D eigenvalue weighted by Gasteiger charge is 2.57. The molecule has 0 unspecified atom stereocenters. The topological polar surface area (TPSA) is 24.9 Å². The smallest absolute Gasteiger partial charge is 0.0663 e. The van der Waals surface area contributed by atoms with Crippen molar-refractivity contribution in [3.05, 3.63) is 30.1 Å². The second-order valence-electron chi connectivity index (χ2n) is 6.64. The average molecular weight is 242 g/mol. The van der Waals surface area contributed by atoms with Crippen molar-refractivity contribution in [2.45, 2.75) is 37.6 Å². The van der Waals surface area contributed by atoms with Gasteiger partial charge in [-0.1, -0.05) is 6.07 Å². The summed E-state index contributed by atoms with van der Waals surface area (Å²) in [5, 5.41) is 3.71. The largest absolute Gasteiger partial charge is 0.309 e. The van der Waals surface area contributed by atoms with Crippen LogP contribution in [0.15, 0.2) is 24.4 Å². The number of nitrogens with zero attached hydrogens (tertiary/aromatic N) is 1. The lowest BCUT2D eigenvalue weighted by atomic mass is 9.48. The van der Waals surface area contributed by atoms with Crippen LogP contribution in [-0.4, -0.2) is 12.0 Å². The number of rotatable bonds is 2. The van der Waals surface area contributed by atoms with E-state index in [0.717, 1.165) is 23.7 Å². The highest BCUT2D eigenvalue weighted by Crippen LogP contribution is 2.61. The number of nitrogens with one attached hydrogen (secondary N) is 1. The third-order valence-electron chi connectivity index (χ3n) is 5.93. The molecule has 4 fully saturated rings. The average Bonchev–Trinajstić information content (AvgIpc) is 2.40. The van der Waals surface area contributed by atoms with Crippen molar-refractivity contribution in [2.24, 2.45) is 23.7 Å². The van der Waals surface area contributed by atoms with E-state index in [9.17, 15) is 0 Å². The van der Waals surface area contributed by atoms with Gasteiger partial charge in [0.1, 0.15) is 0 Å². The molecule has 5 rings (SSSR count). The van der Waals surface area contributed by atoms with Crippen LogP contribution in [0.5, 0.6) is 0 Å². The molecule has 4 aliphatic rings. The number of hydrogen-bond acceptors (Lipinski definition) is 2. The van der Waals surface area contributed by atoms with E-state index in [4.69, 9.17) is 4.98 Å². The second kappa shape index (κ2) is 3.80. The van der Waals surface area contributed by atoms with Crippen molar-refractivity contribution in [2.75, 3.05) is 7.05 Å². The van der Waals surface area contributed by atoms with Gasteiger partial charge in [0, 0.05) is 6.20 Å². The molecule has 4 bridgehead atoms. The Morgan fingerprint density at radius 2 is 1.72 bits per heavy atom. The molecule has 1 N–H and O–H groups in total. The molecule has 1 heterocycles. The van der Waals surface area contributed by atoms with E-state index in [1.165, 1.54) is 37.8 Å². The van der Waals surface area contributed by atoms with E-state index < -0.39 is 0 Å².